The van der Waals surface area contributed by atoms with Crippen LogP contribution in [0.1, 0.15) is 21.6 Å². The van der Waals surface area contributed by atoms with Gasteiger partial charge in [0.25, 0.3) is 5.91 Å². The fourth-order valence-electron chi connectivity index (χ4n) is 1.28. The van der Waals surface area contributed by atoms with Crippen LogP contribution in [0.25, 0.3) is 6.08 Å². The van der Waals surface area contributed by atoms with Gasteiger partial charge in [-0.2, -0.15) is 0 Å². The molecule has 0 spiro atoms. The van der Waals surface area contributed by atoms with E-state index >= 15 is 0 Å². The molecule has 4 nitrogen and oxygen atoms in total. The zero-order valence-electron chi connectivity index (χ0n) is 6.86. The maximum absolute atomic E-state index is 11.0. The van der Waals surface area contributed by atoms with Crippen molar-refractivity contribution in [2.75, 3.05) is 0 Å². The third kappa shape index (κ3) is 1.26. The predicted molar refractivity (Wildman–Crippen MR) is 46.6 cm³/mol. The summed E-state index contributed by atoms with van der Waals surface area (Å²) in [5, 5.41) is 0. The summed E-state index contributed by atoms with van der Waals surface area (Å²) >= 11 is 0. The minimum atomic E-state index is -0.518. The van der Waals surface area contributed by atoms with E-state index in [9.17, 15) is 4.79 Å². The van der Waals surface area contributed by atoms with Crippen LogP contribution in [0.4, 0.5) is 0 Å². The van der Waals surface area contributed by atoms with Crippen LogP contribution < -0.4 is 5.73 Å². The number of hydrogen-bond acceptors (Lipinski definition) is 3. The van der Waals surface area contributed by atoms with Crippen LogP contribution in [0.2, 0.25) is 0 Å². The minimum absolute atomic E-state index is 0.293. The quantitative estimate of drug-likeness (QED) is 0.684. The molecule has 2 N–H and O–H groups in total. The molecule has 1 aromatic heterocycles. The molecule has 13 heavy (non-hydrogen) atoms. The van der Waals surface area contributed by atoms with Crippen molar-refractivity contribution in [2.24, 2.45) is 5.73 Å². The Morgan fingerprint density at radius 3 is 3.23 bits per heavy atom. The zero-order valence-corrected chi connectivity index (χ0v) is 6.86. The highest BCUT2D eigenvalue weighted by molar-refractivity contribution is 5.93. The van der Waals surface area contributed by atoms with Gasteiger partial charge >= 0.3 is 0 Å². The number of nitrogens with zero attached hydrogens (tertiary/aromatic N) is 1. The molecule has 2 heterocycles. The Balaban J connectivity index is 2.59. The number of ether oxygens (including phenoxy) is 1. The summed E-state index contributed by atoms with van der Waals surface area (Å²) in [6.07, 6.45) is 4.94. The van der Waals surface area contributed by atoms with Crippen molar-refractivity contribution in [2.45, 2.75) is 6.61 Å². The van der Waals surface area contributed by atoms with Gasteiger partial charge in [0.1, 0.15) is 12.3 Å². The van der Waals surface area contributed by atoms with E-state index in [0.29, 0.717) is 12.3 Å². The van der Waals surface area contributed by atoms with E-state index in [1.165, 1.54) is 0 Å². The molecule has 0 fully saturated rings. The number of nitrogens with two attached hydrogens (primary N) is 1. The van der Waals surface area contributed by atoms with E-state index in [1.54, 1.807) is 18.5 Å². The van der Waals surface area contributed by atoms with E-state index in [1.807, 2.05) is 6.07 Å². The first-order valence-corrected chi connectivity index (χ1v) is 3.85. The lowest BCUT2D eigenvalue weighted by Crippen LogP contribution is -2.17. The molecule has 0 aromatic carbocycles. The summed E-state index contributed by atoms with van der Waals surface area (Å²) in [7, 11) is 0. The van der Waals surface area contributed by atoms with Crippen molar-refractivity contribution in [1.82, 2.24) is 4.98 Å². The Morgan fingerprint density at radius 2 is 2.46 bits per heavy atom. The molecule has 0 saturated carbocycles. The van der Waals surface area contributed by atoms with E-state index in [2.05, 4.69) is 4.98 Å². The van der Waals surface area contributed by atoms with Gasteiger partial charge in [0.15, 0.2) is 0 Å². The highest BCUT2D eigenvalue weighted by atomic mass is 16.5. The SMILES string of the molecule is NC(=O)c1nccc2c1COC=C2. The number of hydrogen-bond donors (Lipinski definition) is 1. The Hall–Kier alpha value is -1.84. The summed E-state index contributed by atoms with van der Waals surface area (Å²) < 4.78 is 5.06. The first-order valence-electron chi connectivity index (χ1n) is 3.85. The average molecular weight is 176 g/mol. The van der Waals surface area contributed by atoms with E-state index in [-0.39, 0.29) is 0 Å². The van der Waals surface area contributed by atoms with Crippen molar-refractivity contribution in [1.29, 1.82) is 0 Å². The third-order valence-corrected chi connectivity index (χ3v) is 1.90. The smallest absolute Gasteiger partial charge is 0.267 e. The van der Waals surface area contributed by atoms with Gasteiger partial charge in [-0.3, -0.25) is 9.78 Å². The van der Waals surface area contributed by atoms with Crippen molar-refractivity contribution >= 4 is 12.0 Å². The Kier molecular flexibility index (Phi) is 1.73. The van der Waals surface area contributed by atoms with Crippen molar-refractivity contribution in [3.63, 3.8) is 0 Å². The van der Waals surface area contributed by atoms with Crippen LogP contribution >= 0.6 is 0 Å². The van der Waals surface area contributed by atoms with Gasteiger partial charge in [0.05, 0.1) is 6.26 Å². The summed E-state index contributed by atoms with van der Waals surface area (Å²) in [5.41, 5.74) is 7.15. The normalized spacial score (nSPS) is 13.2. The van der Waals surface area contributed by atoms with Crippen molar-refractivity contribution < 1.29 is 9.53 Å². The maximum atomic E-state index is 11.0. The number of rotatable bonds is 1. The molecule has 1 aliphatic heterocycles. The standard InChI is InChI=1S/C9H8N2O2/c10-9(12)8-7-5-13-4-2-6(7)1-3-11-8/h1-4H,5H2,(H2,10,12). The number of carbonyl (C=O) groups excluding carboxylic acids is 1. The molecule has 0 atom stereocenters. The third-order valence-electron chi connectivity index (χ3n) is 1.90. The van der Waals surface area contributed by atoms with Gasteiger partial charge in [-0.1, -0.05) is 0 Å². The average Bonchev–Trinajstić information content (AvgIpc) is 2.17. The molecule has 0 unspecified atom stereocenters. The summed E-state index contributed by atoms with van der Waals surface area (Å²) in [6, 6.07) is 1.82. The second-order valence-corrected chi connectivity index (χ2v) is 2.71. The Labute approximate surface area is 75.0 Å². The molecular formula is C9H8N2O2. The molecule has 0 radical (unpaired) electrons. The van der Waals surface area contributed by atoms with Gasteiger partial charge in [0.2, 0.25) is 0 Å². The fourth-order valence-corrected chi connectivity index (χ4v) is 1.28. The second-order valence-electron chi connectivity index (χ2n) is 2.71. The lowest BCUT2D eigenvalue weighted by molar-refractivity contribution is 0.0991. The molecule has 1 aromatic rings. The number of carbonyl (C=O) groups is 1. The topological polar surface area (TPSA) is 65.2 Å². The second kappa shape index (κ2) is 2.90. The lowest BCUT2D eigenvalue weighted by atomic mass is 10.1. The largest absolute Gasteiger partial charge is 0.496 e. The van der Waals surface area contributed by atoms with Gasteiger partial charge in [0, 0.05) is 11.8 Å². The van der Waals surface area contributed by atoms with Crippen LogP contribution in [0, 0.1) is 0 Å². The number of fused-ring (bicyclic) bond motifs is 1. The van der Waals surface area contributed by atoms with Crippen molar-refractivity contribution in [3.8, 4) is 0 Å². The Morgan fingerprint density at radius 1 is 1.62 bits per heavy atom. The molecule has 0 aliphatic carbocycles. The number of amides is 1. The number of pyridine rings is 1. The van der Waals surface area contributed by atoms with E-state index in [4.69, 9.17) is 10.5 Å². The van der Waals surface area contributed by atoms with Gasteiger partial charge in [-0.25, -0.2) is 0 Å². The molecule has 66 valence electrons. The van der Waals surface area contributed by atoms with Crippen LogP contribution in [0.5, 0.6) is 0 Å². The minimum Gasteiger partial charge on any atom is -0.496 e. The fraction of sp³-hybridized carbons (Fsp3) is 0.111. The van der Waals surface area contributed by atoms with Crippen LogP contribution in [-0.2, 0) is 11.3 Å². The van der Waals surface area contributed by atoms with Crippen molar-refractivity contribution in [3.05, 3.63) is 35.3 Å². The molecular weight excluding hydrogens is 168 g/mol. The van der Waals surface area contributed by atoms with Gasteiger partial charge in [-0.15, -0.1) is 0 Å². The summed E-state index contributed by atoms with van der Waals surface area (Å²) in [5.74, 6) is -0.518. The van der Waals surface area contributed by atoms with Gasteiger partial charge < -0.3 is 10.5 Å². The first-order chi connectivity index (χ1) is 6.29. The highest BCUT2D eigenvalue weighted by Crippen LogP contribution is 2.19. The molecule has 2 rings (SSSR count). The van der Waals surface area contributed by atoms with Crippen LogP contribution in [-0.4, -0.2) is 10.9 Å². The van der Waals surface area contributed by atoms with Crippen LogP contribution in [0.15, 0.2) is 18.5 Å². The Bertz CT molecular complexity index is 385. The van der Waals surface area contributed by atoms with E-state index in [0.717, 1.165) is 11.1 Å². The molecule has 1 amide bonds. The highest BCUT2D eigenvalue weighted by Gasteiger charge is 2.14. The van der Waals surface area contributed by atoms with E-state index < -0.39 is 5.91 Å². The number of primary amides is 1. The molecule has 4 heteroatoms. The zero-order chi connectivity index (χ0) is 9.26. The van der Waals surface area contributed by atoms with Gasteiger partial charge in [-0.05, 0) is 17.7 Å². The monoisotopic (exact) mass is 176 g/mol. The summed E-state index contributed by atoms with van der Waals surface area (Å²) in [6.45, 7) is 0.359. The lowest BCUT2D eigenvalue weighted by Gasteiger charge is -2.12. The van der Waals surface area contributed by atoms with Crippen LogP contribution in [0.3, 0.4) is 0 Å². The maximum Gasteiger partial charge on any atom is 0.267 e. The predicted octanol–water partition coefficient (Wildman–Crippen LogP) is 0.681. The molecule has 0 saturated heterocycles. The molecule has 1 aliphatic rings. The first kappa shape index (κ1) is 7.79. The summed E-state index contributed by atoms with van der Waals surface area (Å²) in [4.78, 5) is 14.9. The molecule has 0 bridgehead atoms. The number of aromatic nitrogens is 1.